The van der Waals surface area contributed by atoms with Crippen LogP contribution in [0.15, 0.2) is 211 Å². The first-order valence-corrected chi connectivity index (χ1v) is 24.1. The van der Waals surface area contributed by atoms with Crippen LogP contribution in [-0.2, 0) is 0 Å². The highest BCUT2D eigenvalue weighted by atomic mass is 32.1. The minimum atomic E-state index is 0.578. The molecule has 0 aliphatic carbocycles. The first-order valence-electron chi connectivity index (χ1n) is 23.3. The van der Waals surface area contributed by atoms with Gasteiger partial charge in [0.2, 0.25) is 0 Å². The van der Waals surface area contributed by atoms with E-state index in [0.717, 1.165) is 49.8 Å². The summed E-state index contributed by atoms with van der Waals surface area (Å²) < 4.78 is 11.4. The molecule has 0 atom stereocenters. The van der Waals surface area contributed by atoms with E-state index in [1.165, 1.54) is 75.6 Å². The van der Waals surface area contributed by atoms with Crippen molar-refractivity contribution >= 4 is 96.8 Å². The van der Waals surface area contributed by atoms with E-state index in [1.807, 2.05) is 65.9 Å². The van der Waals surface area contributed by atoms with Crippen molar-refractivity contribution < 1.29 is 4.42 Å². The zero-order valence-electron chi connectivity index (χ0n) is 37.4. The lowest BCUT2D eigenvalue weighted by atomic mass is 9.95. The smallest absolute Gasteiger partial charge is 0.164 e. The van der Waals surface area contributed by atoms with Crippen LogP contribution in [0.3, 0.4) is 0 Å². The van der Waals surface area contributed by atoms with Gasteiger partial charge in [-0.1, -0.05) is 178 Å². The summed E-state index contributed by atoms with van der Waals surface area (Å²) in [5, 5.41) is 12.0. The molecular weight excluding hydrogens is 849 g/mol. The number of nitrogens with zero attached hydrogens (tertiary/aromatic N) is 4. The summed E-state index contributed by atoms with van der Waals surface area (Å²) in [6.07, 6.45) is 1.25. The van der Waals surface area contributed by atoms with Gasteiger partial charge in [-0.25, -0.2) is 15.0 Å². The number of para-hydroxylation sites is 2. The molecular formula is C62H42N4OS. The van der Waals surface area contributed by atoms with Crippen molar-refractivity contribution in [1.82, 2.24) is 19.5 Å². The molecule has 0 spiro atoms. The Morgan fingerprint density at radius 3 is 1.74 bits per heavy atom. The molecule has 0 aliphatic rings. The fourth-order valence-electron chi connectivity index (χ4n) is 10.1. The Bertz CT molecular complexity index is 4280. The molecule has 14 rings (SSSR count). The second kappa shape index (κ2) is 16.2. The molecule has 0 fully saturated rings. The van der Waals surface area contributed by atoms with Crippen LogP contribution in [0.2, 0.25) is 0 Å². The summed E-state index contributed by atoms with van der Waals surface area (Å²) in [6, 6.07) is 73.4. The van der Waals surface area contributed by atoms with Crippen LogP contribution in [-0.4, -0.2) is 19.5 Å². The normalized spacial score (nSPS) is 11.7. The number of hydrogen-bond acceptors (Lipinski definition) is 5. The number of benzene rings is 10. The Morgan fingerprint density at radius 2 is 0.941 bits per heavy atom. The summed E-state index contributed by atoms with van der Waals surface area (Å²) in [5.41, 5.74) is 9.99. The van der Waals surface area contributed by atoms with E-state index in [1.54, 1.807) is 0 Å². The van der Waals surface area contributed by atoms with Crippen molar-refractivity contribution in [2.45, 2.75) is 20.3 Å². The van der Waals surface area contributed by atoms with E-state index in [0.29, 0.717) is 17.5 Å². The van der Waals surface area contributed by atoms with Gasteiger partial charge in [0.25, 0.3) is 0 Å². The molecule has 0 bridgehead atoms. The van der Waals surface area contributed by atoms with Crippen LogP contribution in [0.4, 0.5) is 0 Å². The third-order valence-electron chi connectivity index (χ3n) is 13.0. The van der Waals surface area contributed by atoms with Gasteiger partial charge in [0.1, 0.15) is 11.2 Å². The van der Waals surface area contributed by atoms with E-state index in [4.69, 9.17) is 19.4 Å². The molecule has 0 N–H and O–H groups in total. The average molecular weight is 891 g/mol. The quantitative estimate of drug-likeness (QED) is 0.162. The standard InChI is InChI=1S/C59H34N4OS.C3H8/c1-2-14-35(15-3-1)57-60-58(62-59(61-57)38-28-30-44-43-20-8-10-26-50(43)64-51(44)34-38)37-16-12-17-39(32-37)63-55-40(36-29-31-53-49(33-36)45-21-9-11-27-52(45)65-53)24-13-25-48(55)54-46-22-6-4-18-41(46)42-19-5-7-23-47(42)56(54)63;1-3-2/h1-34H;3H2,1-2H3. The molecule has 4 heterocycles. The second-order valence-electron chi connectivity index (χ2n) is 17.4. The third kappa shape index (κ3) is 6.40. The highest BCUT2D eigenvalue weighted by Gasteiger charge is 2.23. The summed E-state index contributed by atoms with van der Waals surface area (Å²) in [5.74, 6) is 1.77. The maximum absolute atomic E-state index is 6.33. The molecule has 14 aromatic rings. The van der Waals surface area contributed by atoms with Gasteiger partial charge in [0.05, 0.1) is 11.0 Å². The molecule has 4 aromatic heterocycles. The van der Waals surface area contributed by atoms with E-state index in [2.05, 4.69) is 170 Å². The Labute approximate surface area is 396 Å². The lowest BCUT2D eigenvalue weighted by Crippen LogP contribution is -2.01. The van der Waals surface area contributed by atoms with Crippen molar-refractivity contribution in [3.63, 3.8) is 0 Å². The topological polar surface area (TPSA) is 56.7 Å². The number of hydrogen-bond donors (Lipinski definition) is 0. The predicted octanol–water partition coefficient (Wildman–Crippen LogP) is 17.6. The van der Waals surface area contributed by atoms with Gasteiger partial charge in [-0.3, -0.25) is 0 Å². The average Bonchev–Trinajstić information content (AvgIpc) is 4.09. The van der Waals surface area contributed by atoms with Crippen molar-refractivity contribution in [1.29, 1.82) is 0 Å². The molecule has 10 aromatic carbocycles. The van der Waals surface area contributed by atoms with Gasteiger partial charge in [0.15, 0.2) is 17.5 Å². The minimum absolute atomic E-state index is 0.578. The lowest BCUT2D eigenvalue weighted by Gasteiger charge is -2.15. The van der Waals surface area contributed by atoms with Gasteiger partial charge in [0, 0.05) is 75.0 Å². The zero-order valence-corrected chi connectivity index (χ0v) is 38.3. The van der Waals surface area contributed by atoms with Crippen LogP contribution in [0, 0.1) is 0 Å². The van der Waals surface area contributed by atoms with Crippen LogP contribution in [0.5, 0.6) is 0 Å². The first-order chi connectivity index (χ1) is 33.6. The van der Waals surface area contributed by atoms with Gasteiger partial charge in [-0.05, 0) is 70.3 Å². The Balaban J connectivity index is 0.00000149. The maximum atomic E-state index is 6.33. The lowest BCUT2D eigenvalue weighted by molar-refractivity contribution is 0.669. The molecule has 6 heteroatoms. The fourth-order valence-corrected chi connectivity index (χ4v) is 11.2. The molecule has 5 nitrogen and oxygen atoms in total. The molecule has 0 unspecified atom stereocenters. The maximum Gasteiger partial charge on any atom is 0.164 e. The summed E-state index contributed by atoms with van der Waals surface area (Å²) >= 11 is 1.85. The number of thiophene rings is 1. The molecule has 0 amide bonds. The molecule has 0 aliphatic heterocycles. The molecule has 0 radical (unpaired) electrons. The minimum Gasteiger partial charge on any atom is -0.456 e. The van der Waals surface area contributed by atoms with Crippen molar-refractivity contribution in [2.24, 2.45) is 0 Å². The zero-order chi connectivity index (χ0) is 45.3. The molecule has 322 valence electrons. The van der Waals surface area contributed by atoms with Crippen molar-refractivity contribution in [2.75, 3.05) is 0 Å². The molecule has 68 heavy (non-hydrogen) atoms. The number of fused-ring (bicyclic) bond motifs is 14. The van der Waals surface area contributed by atoms with E-state index in [-0.39, 0.29) is 0 Å². The van der Waals surface area contributed by atoms with Crippen molar-refractivity contribution in [3.05, 3.63) is 206 Å². The second-order valence-corrected chi connectivity index (χ2v) is 18.5. The van der Waals surface area contributed by atoms with Gasteiger partial charge < -0.3 is 8.98 Å². The highest BCUT2D eigenvalue weighted by molar-refractivity contribution is 7.25. The number of furan rings is 1. The van der Waals surface area contributed by atoms with Crippen LogP contribution >= 0.6 is 11.3 Å². The largest absolute Gasteiger partial charge is 0.456 e. The summed E-state index contributed by atoms with van der Waals surface area (Å²) in [7, 11) is 0. The summed E-state index contributed by atoms with van der Waals surface area (Å²) in [6.45, 7) is 4.25. The summed E-state index contributed by atoms with van der Waals surface area (Å²) in [4.78, 5) is 15.5. The van der Waals surface area contributed by atoms with Gasteiger partial charge in [-0.2, -0.15) is 0 Å². The molecule has 0 saturated carbocycles. The van der Waals surface area contributed by atoms with Gasteiger partial charge >= 0.3 is 0 Å². The van der Waals surface area contributed by atoms with Gasteiger partial charge in [-0.15, -0.1) is 11.3 Å². The van der Waals surface area contributed by atoms with E-state index in [9.17, 15) is 0 Å². The fraction of sp³-hybridized carbons (Fsp3) is 0.0484. The highest BCUT2D eigenvalue weighted by Crippen LogP contribution is 2.46. The Morgan fingerprint density at radius 1 is 0.382 bits per heavy atom. The van der Waals surface area contributed by atoms with Crippen LogP contribution in [0.25, 0.3) is 136 Å². The predicted molar refractivity (Wildman–Crippen MR) is 287 cm³/mol. The number of rotatable bonds is 5. The van der Waals surface area contributed by atoms with Crippen LogP contribution < -0.4 is 0 Å². The third-order valence-corrected chi connectivity index (χ3v) is 14.2. The van der Waals surface area contributed by atoms with E-state index < -0.39 is 0 Å². The molecule has 0 saturated heterocycles. The Kier molecular flexibility index (Phi) is 9.48. The number of aromatic nitrogens is 4. The Hall–Kier alpha value is -8.45. The van der Waals surface area contributed by atoms with Crippen molar-refractivity contribution in [3.8, 4) is 51.0 Å². The van der Waals surface area contributed by atoms with Crippen LogP contribution in [0.1, 0.15) is 20.3 Å². The van der Waals surface area contributed by atoms with E-state index >= 15 is 0 Å². The first kappa shape index (κ1) is 39.9. The monoisotopic (exact) mass is 890 g/mol. The SMILES string of the molecule is CCC.c1ccc(-c2nc(-c3cccc(-n4c5c(-c6ccc7sc8ccccc8c7c6)cccc5c5c6ccccc6c6ccccc6c54)c3)nc(-c3ccc4c(c3)oc3ccccc34)n2)cc1.